The van der Waals surface area contributed by atoms with Gasteiger partial charge in [0.1, 0.15) is 0 Å². The fourth-order valence-corrected chi connectivity index (χ4v) is 2.00. The van der Waals surface area contributed by atoms with Crippen LogP contribution in [0, 0.1) is 5.41 Å². The van der Waals surface area contributed by atoms with Gasteiger partial charge in [-0.05, 0) is 38.2 Å². The van der Waals surface area contributed by atoms with Gasteiger partial charge in [0.15, 0.2) is 0 Å². The maximum absolute atomic E-state index is 11.3. The molecule has 0 aliphatic carbocycles. The van der Waals surface area contributed by atoms with Crippen molar-refractivity contribution in [3.63, 3.8) is 0 Å². The predicted octanol–water partition coefficient (Wildman–Crippen LogP) is 2.10. The van der Waals surface area contributed by atoms with Crippen molar-refractivity contribution in [1.29, 1.82) is 0 Å². The van der Waals surface area contributed by atoms with E-state index in [-0.39, 0.29) is 16.9 Å². The van der Waals surface area contributed by atoms with Crippen molar-refractivity contribution in [2.45, 2.75) is 46.1 Å². The second-order valence-electron chi connectivity index (χ2n) is 5.38. The lowest BCUT2D eigenvalue weighted by Crippen LogP contribution is -2.63. The molecule has 0 aromatic carbocycles. The molecule has 1 fully saturated rings. The van der Waals surface area contributed by atoms with E-state index in [1.807, 2.05) is 5.01 Å². The molecule has 1 saturated heterocycles. The average molecular weight is 210 g/mol. The summed E-state index contributed by atoms with van der Waals surface area (Å²) in [6.45, 7) is 13.2. The van der Waals surface area contributed by atoms with Crippen molar-refractivity contribution in [2.75, 3.05) is 6.54 Å². The molecule has 0 aromatic rings. The first kappa shape index (κ1) is 12.2. The van der Waals surface area contributed by atoms with E-state index in [2.05, 4.69) is 39.7 Å². The van der Waals surface area contributed by atoms with Crippen LogP contribution < -0.4 is 5.43 Å². The maximum Gasteiger partial charge on any atom is 0.257 e. The van der Waals surface area contributed by atoms with Gasteiger partial charge in [-0.25, -0.2) is 5.01 Å². The standard InChI is InChI=1S/C12H22N2O/c1-6-10(15)13-14-9-7-8-11(2,3)12(14,4)5/h6H,1,7-9H2,2-5H3,(H,13,15). The Bertz CT molecular complexity index is 269. The van der Waals surface area contributed by atoms with Crippen LogP contribution in [0.25, 0.3) is 0 Å². The molecule has 0 radical (unpaired) electrons. The highest BCUT2D eigenvalue weighted by Gasteiger charge is 2.44. The first-order valence-electron chi connectivity index (χ1n) is 5.52. The van der Waals surface area contributed by atoms with Crippen LogP contribution in [0.2, 0.25) is 0 Å². The number of nitrogens with one attached hydrogen (secondary N) is 1. The highest BCUT2D eigenvalue weighted by atomic mass is 16.2. The molecule has 0 spiro atoms. The number of piperidine rings is 1. The smallest absolute Gasteiger partial charge is 0.257 e. The van der Waals surface area contributed by atoms with E-state index in [1.54, 1.807) is 0 Å². The number of hydrogen-bond acceptors (Lipinski definition) is 2. The molecule has 1 heterocycles. The summed E-state index contributed by atoms with van der Waals surface area (Å²) in [6.07, 6.45) is 3.63. The van der Waals surface area contributed by atoms with Crippen molar-refractivity contribution >= 4 is 5.91 Å². The first-order chi connectivity index (χ1) is 6.81. The fraction of sp³-hybridized carbons (Fsp3) is 0.750. The normalized spacial score (nSPS) is 24.5. The van der Waals surface area contributed by atoms with Crippen molar-refractivity contribution in [2.24, 2.45) is 5.41 Å². The summed E-state index contributed by atoms with van der Waals surface area (Å²) in [5.74, 6) is -0.124. The molecule has 0 unspecified atom stereocenters. The molecule has 3 nitrogen and oxygen atoms in total. The second kappa shape index (κ2) is 3.97. The topological polar surface area (TPSA) is 32.3 Å². The molecular weight excluding hydrogens is 188 g/mol. The van der Waals surface area contributed by atoms with E-state index in [0.717, 1.165) is 13.0 Å². The SMILES string of the molecule is C=CC(=O)NN1CCCC(C)(C)C1(C)C. The third-order valence-electron chi connectivity index (χ3n) is 3.95. The maximum atomic E-state index is 11.3. The number of carbonyl (C=O) groups excluding carboxylic acids is 1. The molecule has 1 amide bonds. The number of rotatable bonds is 2. The Morgan fingerprint density at radius 3 is 2.53 bits per heavy atom. The third-order valence-corrected chi connectivity index (χ3v) is 3.95. The Morgan fingerprint density at radius 1 is 1.40 bits per heavy atom. The van der Waals surface area contributed by atoms with E-state index >= 15 is 0 Å². The number of carbonyl (C=O) groups is 1. The van der Waals surface area contributed by atoms with Gasteiger partial charge in [0.25, 0.3) is 5.91 Å². The fourth-order valence-electron chi connectivity index (χ4n) is 2.00. The van der Waals surface area contributed by atoms with Crippen LogP contribution in [0.15, 0.2) is 12.7 Å². The Balaban J connectivity index is 2.80. The molecule has 0 aromatic heterocycles. The Labute approximate surface area is 92.5 Å². The Kier molecular flexibility index (Phi) is 3.24. The minimum Gasteiger partial charge on any atom is -0.285 e. The average Bonchev–Trinajstić information content (AvgIpc) is 2.13. The molecule has 0 atom stereocenters. The quantitative estimate of drug-likeness (QED) is 0.708. The summed E-state index contributed by atoms with van der Waals surface area (Å²) < 4.78 is 0. The molecule has 86 valence electrons. The number of hydrazine groups is 1. The number of hydrogen-bond donors (Lipinski definition) is 1. The van der Waals surface area contributed by atoms with E-state index in [9.17, 15) is 4.79 Å². The first-order valence-corrected chi connectivity index (χ1v) is 5.52. The molecular formula is C12H22N2O. The van der Waals surface area contributed by atoms with Crippen LogP contribution in [0.5, 0.6) is 0 Å². The lowest BCUT2D eigenvalue weighted by Gasteiger charge is -2.52. The largest absolute Gasteiger partial charge is 0.285 e. The number of nitrogens with zero attached hydrogens (tertiary/aromatic N) is 1. The van der Waals surface area contributed by atoms with Crippen molar-refractivity contribution < 1.29 is 4.79 Å². The van der Waals surface area contributed by atoms with Gasteiger partial charge in [0, 0.05) is 12.1 Å². The van der Waals surface area contributed by atoms with E-state index < -0.39 is 0 Å². The molecule has 1 N–H and O–H groups in total. The number of amides is 1. The summed E-state index contributed by atoms with van der Waals surface area (Å²) in [5, 5.41) is 2.04. The predicted molar refractivity (Wildman–Crippen MR) is 62.1 cm³/mol. The Hall–Kier alpha value is -0.830. The monoisotopic (exact) mass is 210 g/mol. The zero-order chi connectivity index (χ0) is 11.7. The molecule has 1 aliphatic rings. The minimum atomic E-state index is -0.124. The molecule has 0 saturated carbocycles. The zero-order valence-corrected chi connectivity index (χ0v) is 10.3. The van der Waals surface area contributed by atoms with Crippen LogP contribution in [-0.4, -0.2) is 23.0 Å². The second-order valence-corrected chi connectivity index (χ2v) is 5.38. The van der Waals surface area contributed by atoms with Crippen LogP contribution in [0.4, 0.5) is 0 Å². The van der Waals surface area contributed by atoms with Crippen molar-refractivity contribution in [1.82, 2.24) is 10.4 Å². The molecule has 15 heavy (non-hydrogen) atoms. The molecule has 1 aliphatic heterocycles. The van der Waals surface area contributed by atoms with Crippen molar-refractivity contribution in [3.05, 3.63) is 12.7 Å². The van der Waals surface area contributed by atoms with E-state index in [0.29, 0.717) is 0 Å². The Morgan fingerprint density at radius 2 is 2.00 bits per heavy atom. The van der Waals surface area contributed by atoms with E-state index in [4.69, 9.17) is 0 Å². The summed E-state index contributed by atoms with van der Waals surface area (Å²) >= 11 is 0. The summed E-state index contributed by atoms with van der Waals surface area (Å²) in [5.41, 5.74) is 3.07. The van der Waals surface area contributed by atoms with Gasteiger partial charge in [-0.15, -0.1) is 0 Å². The third kappa shape index (κ3) is 2.23. The van der Waals surface area contributed by atoms with Gasteiger partial charge in [-0.3, -0.25) is 10.2 Å². The van der Waals surface area contributed by atoms with Gasteiger partial charge in [-0.1, -0.05) is 20.4 Å². The molecule has 0 bridgehead atoms. The van der Waals surface area contributed by atoms with Crippen LogP contribution in [0.3, 0.4) is 0 Å². The van der Waals surface area contributed by atoms with Crippen LogP contribution in [-0.2, 0) is 4.79 Å². The van der Waals surface area contributed by atoms with Gasteiger partial charge >= 0.3 is 0 Å². The lowest BCUT2D eigenvalue weighted by molar-refractivity contribution is -0.131. The zero-order valence-electron chi connectivity index (χ0n) is 10.3. The highest BCUT2D eigenvalue weighted by Crippen LogP contribution is 2.42. The lowest BCUT2D eigenvalue weighted by atomic mass is 9.69. The molecule has 3 heteroatoms. The summed E-state index contributed by atoms with van der Waals surface area (Å²) in [6, 6.07) is 0. The highest BCUT2D eigenvalue weighted by molar-refractivity contribution is 5.86. The van der Waals surface area contributed by atoms with Crippen LogP contribution >= 0.6 is 0 Å². The van der Waals surface area contributed by atoms with Crippen LogP contribution in [0.1, 0.15) is 40.5 Å². The summed E-state index contributed by atoms with van der Waals surface area (Å²) in [4.78, 5) is 11.3. The van der Waals surface area contributed by atoms with E-state index in [1.165, 1.54) is 12.5 Å². The molecule has 1 rings (SSSR count). The van der Waals surface area contributed by atoms with Gasteiger partial charge < -0.3 is 0 Å². The van der Waals surface area contributed by atoms with Gasteiger partial charge in [0.05, 0.1) is 0 Å². The summed E-state index contributed by atoms with van der Waals surface area (Å²) in [7, 11) is 0. The van der Waals surface area contributed by atoms with Gasteiger partial charge in [-0.2, -0.15) is 0 Å². The van der Waals surface area contributed by atoms with Crippen molar-refractivity contribution in [3.8, 4) is 0 Å². The van der Waals surface area contributed by atoms with Gasteiger partial charge in [0.2, 0.25) is 0 Å². The minimum absolute atomic E-state index is 0.0239.